The normalized spacial score (nSPS) is 15.4. The van der Waals surface area contributed by atoms with Gasteiger partial charge in [-0.15, -0.1) is 0 Å². The molecular formula is C25H25N3O2. The molecule has 1 N–H and O–H groups in total. The van der Waals surface area contributed by atoms with Crippen LogP contribution >= 0.6 is 0 Å². The number of pyridine rings is 1. The van der Waals surface area contributed by atoms with E-state index in [0.29, 0.717) is 31.5 Å². The fourth-order valence-electron chi connectivity index (χ4n) is 3.89. The van der Waals surface area contributed by atoms with Crippen molar-refractivity contribution in [1.29, 1.82) is 0 Å². The van der Waals surface area contributed by atoms with E-state index in [9.17, 15) is 9.59 Å². The van der Waals surface area contributed by atoms with E-state index in [-0.39, 0.29) is 23.8 Å². The Balaban J connectivity index is 1.41. The van der Waals surface area contributed by atoms with Crippen molar-refractivity contribution >= 4 is 11.8 Å². The Hall–Kier alpha value is -3.47. The first kappa shape index (κ1) is 19.8. The van der Waals surface area contributed by atoms with E-state index < -0.39 is 0 Å². The van der Waals surface area contributed by atoms with Gasteiger partial charge in [0.15, 0.2) is 0 Å². The molecule has 1 fully saturated rings. The number of nitrogens with one attached hydrogen (secondary N) is 1. The molecule has 30 heavy (non-hydrogen) atoms. The number of amides is 2. The number of nitrogens with zero attached hydrogens (tertiary/aromatic N) is 2. The maximum absolute atomic E-state index is 13.1. The van der Waals surface area contributed by atoms with Crippen LogP contribution in [0.5, 0.6) is 0 Å². The lowest BCUT2D eigenvalue weighted by atomic mass is 9.94. The van der Waals surface area contributed by atoms with Gasteiger partial charge >= 0.3 is 0 Å². The number of benzene rings is 2. The highest BCUT2D eigenvalue weighted by atomic mass is 16.2. The molecular weight excluding hydrogens is 374 g/mol. The summed E-state index contributed by atoms with van der Waals surface area (Å²) in [7, 11) is 0. The predicted octanol–water partition coefficient (Wildman–Crippen LogP) is 3.84. The second kappa shape index (κ2) is 9.35. The van der Waals surface area contributed by atoms with Crippen LogP contribution in [0.4, 0.5) is 0 Å². The zero-order valence-electron chi connectivity index (χ0n) is 16.8. The number of rotatable bonds is 5. The Morgan fingerprint density at radius 2 is 1.50 bits per heavy atom. The minimum absolute atomic E-state index is 0.0151. The third-order valence-electron chi connectivity index (χ3n) is 5.58. The van der Waals surface area contributed by atoms with Crippen LogP contribution in [0.1, 0.15) is 40.5 Å². The van der Waals surface area contributed by atoms with Crippen LogP contribution in [0.25, 0.3) is 0 Å². The summed E-state index contributed by atoms with van der Waals surface area (Å²) in [4.78, 5) is 32.0. The van der Waals surface area contributed by atoms with Crippen LogP contribution in [0.2, 0.25) is 0 Å². The molecule has 0 bridgehead atoms. The van der Waals surface area contributed by atoms with E-state index in [4.69, 9.17) is 0 Å². The maximum Gasteiger partial charge on any atom is 0.253 e. The van der Waals surface area contributed by atoms with Crippen molar-refractivity contribution in [3.63, 3.8) is 0 Å². The molecule has 1 aromatic heterocycles. The summed E-state index contributed by atoms with van der Waals surface area (Å²) in [6.07, 6.45) is 3.06. The average Bonchev–Trinajstić information content (AvgIpc) is 2.83. The molecule has 2 aromatic carbocycles. The van der Waals surface area contributed by atoms with Crippen LogP contribution in [-0.2, 0) is 4.79 Å². The molecule has 1 aliphatic rings. The molecule has 0 saturated carbocycles. The Bertz CT molecular complexity index is 930. The Kier molecular flexibility index (Phi) is 6.18. The highest BCUT2D eigenvalue weighted by Gasteiger charge is 2.29. The molecule has 5 heteroatoms. The number of aromatic nitrogens is 1. The van der Waals surface area contributed by atoms with Gasteiger partial charge < -0.3 is 10.2 Å². The molecule has 1 saturated heterocycles. The van der Waals surface area contributed by atoms with Crippen molar-refractivity contribution in [1.82, 2.24) is 15.2 Å². The third kappa shape index (κ3) is 4.57. The van der Waals surface area contributed by atoms with E-state index in [1.165, 1.54) is 0 Å². The lowest BCUT2D eigenvalue weighted by Crippen LogP contribution is -2.44. The lowest BCUT2D eigenvalue weighted by Gasteiger charge is -2.32. The van der Waals surface area contributed by atoms with Gasteiger partial charge in [-0.25, -0.2) is 0 Å². The Labute approximate surface area is 176 Å². The first-order valence-electron chi connectivity index (χ1n) is 10.3. The van der Waals surface area contributed by atoms with Crippen LogP contribution < -0.4 is 5.32 Å². The molecule has 0 aliphatic carbocycles. The van der Waals surface area contributed by atoms with Crippen molar-refractivity contribution in [3.8, 4) is 0 Å². The molecule has 1 unspecified atom stereocenters. The predicted molar refractivity (Wildman–Crippen MR) is 116 cm³/mol. The fourth-order valence-corrected chi connectivity index (χ4v) is 3.89. The Morgan fingerprint density at radius 3 is 2.13 bits per heavy atom. The number of carbonyl (C=O) groups is 2. The molecule has 1 atom stereocenters. The molecule has 2 heterocycles. The zero-order chi connectivity index (χ0) is 20.8. The van der Waals surface area contributed by atoms with Crippen LogP contribution in [0.3, 0.4) is 0 Å². The van der Waals surface area contributed by atoms with Gasteiger partial charge in [0.25, 0.3) is 5.91 Å². The first-order chi connectivity index (χ1) is 14.7. The van der Waals surface area contributed by atoms with Gasteiger partial charge in [0.05, 0.1) is 11.7 Å². The summed E-state index contributed by atoms with van der Waals surface area (Å²) in [5.41, 5.74) is 2.51. The quantitative estimate of drug-likeness (QED) is 0.709. The summed E-state index contributed by atoms with van der Waals surface area (Å²) < 4.78 is 0. The van der Waals surface area contributed by atoms with Crippen molar-refractivity contribution in [2.75, 3.05) is 13.1 Å². The molecule has 0 radical (unpaired) electrons. The highest BCUT2D eigenvalue weighted by molar-refractivity contribution is 5.94. The summed E-state index contributed by atoms with van der Waals surface area (Å²) >= 11 is 0. The van der Waals surface area contributed by atoms with Crippen LogP contribution in [0.15, 0.2) is 85.1 Å². The zero-order valence-corrected chi connectivity index (χ0v) is 16.8. The largest absolute Gasteiger partial charge is 0.343 e. The maximum atomic E-state index is 13.1. The molecule has 3 aromatic rings. The van der Waals surface area contributed by atoms with Gasteiger partial charge in [-0.2, -0.15) is 0 Å². The SMILES string of the molecule is O=C(NC(c1ccccc1)c1ccccn1)C1CCN(C(=O)c2ccccc2)CC1. The lowest BCUT2D eigenvalue weighted by molar-refractivity contribution is -0.126. The number of piperidine rings is 1. The molecule has 1 aliphatic heterocycles. The monoisotopic (exact) mass is 399 g/mol. The van der Waals surface area contributed by atoms with Gasteiger partial charge in [-0.3, -0.25) is 14.6 Å². The van der Waals surface area contributed by atoms with Crippen molar-refractivity contribution < 1.29 is 9.59 Å². The molecule has 0 spiro atoms. The van der Waals surface area contributed by atoms with Gasteiger partial charge in [0, 0.05) is 30.8 Å². The minimum atomic E-state index is -0.288. The highest BCUT2D eigenvalue weighted by Crippen LogP contribution is 2.24. The van der Waals surface area contributed by atoms with E-state index in [0.717, 1.165) is 11.3 Å². The van der Waals surface area contributed by atoms with Crippen molar-refractivity contribution in [3.05, 3.63) is 102 Å². The van der Waals surface area contributed by atoms with Crippen molar-refractivity contribution in [2.24, 2.45) is 5.92 Å². The standard InChI is InChI=1S/C25H25N3O2/c29-24(20-14-17-28(18-15-20)25(30)21-11-5-2-6-12-21)27-23(19-9-3-1-4-10-19)22-13-7-8-16-26-22/h1-13,16,20,23H,14-15,17-18H2,(H,27,29). The van der Waals surface area contributed by atoms with E-state index in [1.54, 1.807) is 6.20 Å². The second-order valence-electron chi connectivity index (χ2n) is 7.54. The smallest absolute Gasteiger partial charge is 0.253 e. The summed E-state index contributed by atoms with van der Waals surface area (Å²) in [6.45, 7) is 1.18. The molecule has 4 rings (SSSR count). The fraction of sp³-hybridized carbons (Fsp3) is 0.240. The third-order valence-corrected chi connectivity index (χ3v) is 5.58. The molecule has 2 amide bonds. The number of hydrogen-bond donors (Lipinski definition) is 1. The van der Waals surface area contributed by atoms with Crippen LogP contribution in [0, 0.1) is 5.92 Å². The Morgan fingerprint density at radius 1 is 0.867 bits per heavy atom. The molecule has 152 valence electrons. The van der Waals surface area contributed by atoms with E-state index in [2.05, 4.69) is 10.3 Å². The van der Waals surface area contributed by atoms with E-state index >= 15 is 0 Å². The van der Waals surface area contributed by atoms with Gasteiger partial charge in [0.2, 0.25) is 5.91 Å². The van der Waals surface area contributed by atoms with Crippen molar-refractivity contribution in [2.45, 2.75) is 18.9 Å². The topological polar surface area (TPSA) is 62.3 Å². The summed E-state index contributed by atoms with van der Waals surface area (Å²) in [5, 5.41) is 3.19. The van der Waals surface area contributed by atoms with Gasteiger partial charge in [0.1, 0.15) is 0 Å². The van der Waals surface area contributed by atoms with Gasteiger partial charge in [-0.1, -0.05) is 54.6 Å². The summed E-state index contributed by atoms with van der Waals surface area (Å²) in [6, 6.07) is 24.6. The first-order valence-corrected chi connectivity index (χ1v) is 10.3. The minimum Gasteiger partial charge on any atom is -0.343 e. The van der Waals surface area contributed by atoms with E-state index in [1.807, 2.05) is 83.8 Å². The molecule has 5 nitrogen and oxygen atoms in total. The average molecular weight is 399 g/mol. The van der Waals surface area contributed by atoms with Crippen LogP contribution in [-0.4, -0.2) is 34.8 Å². The number of likely N-dealkylation sites (tertiary alicyclic amines) is 1. The summed E-state index contributed by atoms with van der Waals surface area (Å²) in [5.74, 6) is -0.0637. The number of carbonyl (C=O) groups excluding carboxylic acids is 2. The second-order valence-corrected chi connectivity index (χ2v) is 7.54. The van der Waals surface area contributed by atoms with Gasteiger partial charge in [-0.05, 0) is 42.7 Å². The number of hydrogen-bond acceptors (Lipinski definition) is 3.